The van der Waals surface area contributed by atoms with Gasteiger partial charge in [-0.3, -0.25) is 9.59 Å². The van der Waals surface area contributed by atoms with Crippen molar-refractivity contribution in [1.82, 2.24) is 4.90 Å². The van der Waals surface area contributed by atoms with Crippen molar-refractivity contribution in [3.63, 3.8) is 0 Å². The summed E-state index contributed by atoms with van der Waals surface area (Å²) in [6.07, 6.45) is 0.919. The molecule has 0 aromatic heterocycles. The van der Waals surface area contributed by atoms with Gasteiger partial charge in [0.15, 0.2) is 0 Å². The third-order valence-electron chi connectivity index (χ3n) is 5.61. The van der Waals surface area contributed by atoms with E-state index in [0.29, 0.717) is 55.4 Å². The molecule has 0 atom stereocenters. The SMILES string of the molecule is CCCOc1ccc(C2=C(N3CCOCC3)C(=O)N(c3cccc(N(C)C)c3)C2=O)cc1. The summed E-state index contributed by atoms with van der Waals surface area (Å²) >= 11 is 0. The maximum atomic E-state index is 13.7. The molecule has 2 aliphatic heterocycles. The van der Waals surface area contributed by atoms with E-state index in [1.807, 2.05) is 66.4 Å². The van der Waals surface area contributed by atoms with Crippen LogP contribution in [0.5, 0.6) is 5.75 Å². The van der Waals surface area contributed by atoms with E-state index in [2.05, 4.69) is 6.92 Å². The number of hydrogen-bond donors (Lipinski definition) is 0. The van der Waals surface area contributed by atoms with Gasteiger partial charge in [0.2, 0.25) is 0 Å². The number of rotatable bonds is 7. The van der Waals surface area contributed by atoms with Crippen molar-refractivity contribution in [3.05, 3.63) is 59.8 Å². The lowest BCUT2D eigenvalue weighted by atomic mass is 10.0. The summed E-state index contributed by atoms with van der Waals surface area (Å²) in [7, 11) is 3.86. The number of benzene rings is 2. The summed E-state index contributed by atoms with van der Waals surface area (Å²) in [6, 6.07) is 14.9. The zero-order valence-electron chi connectivity index (χ0n) is 18.8. The van der Waals surface area contributed by atoms with Crippen molar-refractivity contribution in [2.24, 2.45) is 0 Å². The maximum Gasteiger partial charge on any atom is 0.282 e. The second kappa shape index (κ2) is 9.44. The van der Waals surface area contributed by atoms with Gasteiger partial charge in [-0.2, -0.15) is 0 Å². The third kappa shape index (κ3) is 4.21. The molecule has 7 nitrogen and oxygen atoms in total. The highest BCUT2D eigenvalue weighted by atomic mass is 16.5. The van der Waals surface area contributed by atoms with E-state index in [1.165, 1.54) is 4.90 Å². The highest BCUT2D eigenvalue weighted by Gasteiger charge is 2.42. The van der Waals surface area contributed by atoms with E-state index < -0.39 is 0 Å². The van der Waals surface area contributed by atoms with Crippen LogP contribution in [-0.2, 0) is 14.3 Å². The zero-order valence-corrected chi connectivity index (χ0v) is 18.8. The van der Waals surface area contributed by atoms with Gasteiger partial charge in [0.05, 0.1) is 31.1 Å². The number of ether oxygens (including phenoxy) is 2. The number of anilines is 2. The monoisotopic (exact) mass is 435 g/mol. The molecule has 2 heterocycles. The molecule has 0 N–H and O–H groups in total. The molecule has 0 unspecified atom stereocenters. The van der Waals surface area contributed by atoms with Crippen molar-refractivity contribution in [2.75, 3.05) is 56.8 Å². The van der Waals surface area contributed by atoms with Gasteiger partial charge in [-0.15, -0.1) is 0 Å². The van der Waals surface area contributed by atoms with Crippen molar-refractivity contribution in [1.29, 1.82) is 0 Å². The van der Waals surface area contributed by atoms with E-state index >= 15 is 0 Å². The number of nitrogens with zero attached hydrogens (tertiary/aromatic N) is 3. The van der Waals surface area contributed by atoms with E-state index in [-0.39, 0.29) is 11.8 Å². The maximum absolute atomic E-state index is 13.7. The van der Waals surface area contributed by atoms with Crippen LogP contribution in [-0.4, -0.2) is 63.7 Å². The number of morpholine rings is 1. The molecule has 0 aliphatic carbocycles. The van der Waals surface area contributed by atoms with Crippen LogP contribution in [0.15, 0.2) is 54.2 Å². The fraction of sp³-hybridized carbons (Fsp3) is 0.360. The van der Waals surface area contributed by atoms with Crippen LogP contribution in [0.4, 0.5) is 11.4 Å². The summed E-state index contributed by atoms with van der Waals surface area (Å²) < 4.78 is 11.2. The molecular formula is C25H29N3O4. The van der Waals surface area contributed by atoms with Crippen molar-refractivity contribution >= 4 is 28.8 Å². The molecule has 0 bridgehead atoms. The Morgan fingerprint density at radius 1 is 1.00 bits per heavy atom. The summed E-state index contributed by atoms with van der Waals surface area (Å²) in [5.74, 6) is 0.139. The molecule has 2 aliphatic rings. The minimum absolute atomic E-state index is 0.297. The third-order valence-corrected chi connectivity index (χ3v) is 5.61. The Hall–Kier alpha value is -3.32. The highest BCUT2D eigenvalue weighted by molar-refractivity contribution is 6.45. The van der Waals surface area contributed by atoms with Gasteiger partial charge in [0, 0.05) is 32.9 Å². The van der Waals surface area contributed by atoms with Crippen LogP contribution in [0.25, 0.3) is 5.57 Å². The van der Waals surface area contributed by atoms with Crippen LogP contribution in [0, 0.1) is 0 Å². The van der Waals surface area contributed by atoms with E-state index in [1.54, 1.807) is 6.07 Å². The lowest BCUT2D eigenvalue weighted by Gasteiger charge is -2.29. The topological polar surface area (TPSA) is 62.3 Å². The van der Waals surface area contributed by atoms with Crippen LogP contribution >= 0.6 is 0 Å². The fourth-order valence-electron chi connectivity index (χ4n) is 3.94. The minimum Gasteiger partial charge on any atom is -0.494 e. The zero-order chi connectivity index (χ0) is 22.7. The quantitative estimate of drug-likeness (QED) is 0.623. The first-order valence-electron chi connectivity index (χ1n) is 11.0. The van der Waals surface area contributed by atoms with Gasteiger partial charge in [-0.05, 0) is 42.3 Å². The molecule has 4 rings (SSSR count). The molecule has 0 radical (unpaired) electrons. The molecule has 1 saturated heterocycles. The summed E-state index contributed by atoms with van der Waals surface area (Å²) in [6.45, 7) is 4.88. The van der Waals surface area contributed by atoms with Gasteiger partial charge < -0.3 is 19.3 Å². The van der Waals surface area contributed by atoms with Crippen molar-refractivity contribution in [3.8, 4) is 5.75 Å². The molecule has 168 valence electrons. The van der Waals surface area contributed by atoms with E-state index in [9.17, 15) is 9.59 Å². The molecule has 7 heteroatoms. The van der Waals surface area contributed by atoms with E-state index in [0.717, 1.165) is 17.9 Å². The first-order chi connectivity index (χ1) is 15.5. The van der Waals surface area contributed by atoms with Crippen LogP contribution in [0.3, 0.4) is 0 Å². The summed E-state index contributed by atoms with van der Waals surface area (Å²) in [5, 5.41) is 0. The van der Waals surface area contributed by atoms with Crippen LogP contribution < -0.4 is 14.5 Å². The lowest BCUT2D eigenvalue weighted by Crippen LogP contribution is -2.40. The standard InChI is InChI=1S/C25H29N3O4/c1-4-14-32-21-10-8-18(9-11-21)22-23(27-12-15-31-16-13-27)25(30)28(24(22)29)20-7-5-6-19(17-20)26(2)3/h5-11,17H,4,12-16H2,1-3H3. The van der Waals surface area contributed by atoms with Crippen LogP contribution in [0.2, 0.25) is 0 Å². The predicted octanol–water partition coefficient (Wildman–Crippen LogP) is 3.16. The average Bonchev–Trinajstić information content (AvgIpc) is 3.08. The molecule has 2 aromatic rings. The molecule has 1 fully saturated rings. The van der Waals surface area contributed by atoms with Gasteiger partial charge in [-0.25, -0.2) is 4.90 Å². The Labute approximate surface area is 188 Å². The van der Waals surface area contributed by atoms with Crippen molar-refractivity contribution in [2.45, 2.75) is 13.3 Å². The molecule has 32 heavy (non-hydrogen) atoms. The number of amides is 2. The van der Waals surface area contributed by atoms with Gasteiger partial charge in [0.1, 0.15) is 11.4 Å². The Morgan fingerprint density at radius 2 is 1.72 bits per heavy atom. The van der Waals surface area contributed by atoms with E-state index in [4.69, 9.17) is 9.47 Å². The van der Waals surface area contributed by atoms with Crippen molar-refractivity contribution < 1.29 is 19.1 Å². The molecule has 2 amide bonds. The Balaban J connectivity index is 1.75. The predicted molar refractivity (Wildman–Crippen MR) is 125 cm³/mol. The number of imide groups is 1. The molecular weight excluding hydrogens is 406 g/mol. The molecule has 2 aromatic carbocycles. The first-order valence-corrected chi connectivity index (χ1v) is 11.0. The summed E-state index contributed by atoms with van der Waals surface area (Å²) in [5.41, 5.74) is 3.06. The second-order valence-electron chi connectivity index (χ2n) is 8.06. The van der Waals surface area contributed by atoms with Crippen LogP contribution in [0.1, 0.15) is 18.9 Å². The van der Waals surface area contributed by atoms with Gasteiger partial charge in [0.25, 0.3) is 11.8 Å². The largest absolute Gasteiger partial charge is 0.494 e. The van der Waals surface area contributed by atoms with Gasteiger partial charge in [-0.1, -0.05) is 25.1 Å². The Morgan fingerprint density at radius 3 is 2.38 bits per heavy atom. The number of hydrogen-bond acceptors (Lipinski definition) is 6. The lowest BCUT2D eigenvalue weighted by molar-refractivity contribution is -0.121. The van der Waals surface area contributed by atoms with Gasteiger partial charge >= 0.3 is 0 Å². The molecule has 0 spiro atoms. The minimum atomic E-state index is -0.311. The highest BCUT2D eigenvalue weighted by Crippen LogP contribution is 2.36. The second-order valence-corrected chi connectivity index (χ2v) is 8.06. The summed E-state index contributed by atoms with van der Waals surface area (Å²) in [4.78, 5) is 32.5. The number of carbonyl (C=O) groups excluding carboxylic acids is 2. The smallest absolute Gasteiger partial charge is 0.282 e. The Kier molecular flexibility index (Phi) is 6.46. The first kappa shape index (κ1) is 21.9. The Bertz CT molecular complexity index is 1020. The normalized spacial score (nSPS) is 16.7. The fourth-order valence-corrected chi connectivity index (χ4v) is 3.94. The molecule has 0 saturated carbocycles. The number of carbonyl (C=O) groups is 2. The average molecular weight is 436 g/mol.